The van der Waals surface area contributed by atoms with Gasteiger partial charge >= 0.3 is 0 Å². The maximum Gasteiger partial charge on any atom is 0.124 e. The van der Waals surface area contributed by atoms with Crippen LogP contribution in [0.5, 0.6) is 0 Å². The van der Waals surface area contributed by atoms with Crippen LogP contribution in [-0.2, 0) is 6.42 Å². The van der Waals surface area contributed by atoms with E-state index in [0.29, 0.717) is 11.4 Å². The first-order valence-corrected chi connectivity index (χ1v) is 8.32. The van der Waals surface area contributed by atoms with Gasteiger partial charge in [-0.25, -0.2) is 4.39 Å². The average Bonchev–Trinajstić information content (AvgIpc) is 2.41. The molecule has 106 valence electrons. The molecule has 0 saturated heterocycles. The van der Waals surface area contributed by atoms with E-state index in [9.17, 15) is 4.39 Å². The quantitative estimate of drug-likeness (QED) is 0.597. The monoisotopic (exact) mass is 467 g/mol. The van der Waals surface area contributed by atoms with Gasteiger partial charge in [-0.3, -0.25) is 0 Å². The fourth-order valence-electron chi connectivity index (χ4n) is 2.06. The summed E-state index contributed by atoms with van der Waals surface area (Å²) in [6.45, 7) is 0. The number of likely N-dealkylation sites (N-methyl/N-ethyl adjacent to an activating group) is 1. The Kier molecular flexibility index (Phi) is 5.84. The molecule has 0 spiro atoms. The molecule has 0 aliphatic heterocycles. The van der Waals surface area contributed by atoms with Crippen LogP contribution in [-0.4, -0.2) is 7.05 Å². The zero-order valence-corrected chi connectivity index (χ0v) is 15.3. The van der Waals surface area contributed by atoms with Crippen molar-refractivity contribution in [1.29, 1.82) is 0 Å². The third kappa shape index (κ3) is 3.93. The van der Waals surface area contributed by atoms with Crippen molar-refractivity contribution in [3.8, 4) is 0 Å². The second-order valence-electron chi connectivity index (χ2n) is 4.45. The first-order valence-electron chi connectivity index (χ1n) is 6.07. The minimum atomic E-state index is -0.310. The van der Waals surface area contributed by atoms with E-state index < -0.39 is 0 Å². The molecular weight excluding hydrogens is 455 g/mol. The number of nitrogens with one attached hydrogen (secondary N) is 1. The van der Waals surface area contributed by atoms with Crippen molar-refractivity contribution in [3.05, 3.63) is 66.4 Å². The van der Waals surface area contributed by atoms with E-state index in [-0.39, 0.29) is 11.9 Å². The maximum atomic E-state index is 13.1. The summed E-state index contributed by atoms with van der Waals surface area (Å²) in [5.41, 5.74) is 2.10. The van der Waals surface area contributed by atoms with Crippen LogP contribution in [0, 0.1) is 9.39 Å². The van der Waals surface area contributed by atoms with Crippen LogP contribution in [0.15, 0.2) is 40.9 Å². The molecule has 2 aromatic rings. The zero-order chi connectivity index (χ0) is 14.7. The van der Waals surface area contributed by atoms with Gasteiger partial charge < -0.3 is 5.32 Å². The lowest BCUT2D eigenvalue weighted by atomic mass is 9.99. The molecule has 0 heterocycles. The molecule has 0 aromatic heterocycles. The summed E-state index contributed by atoms with van der Waals surface area (Å²) in [5, 5.41) is 3.76. The lowest BCUT2D eigenvalue weighted by Crippen LogP contribution is -2.19. The highest BCUT2D eigenvalue weighted by Crippen LogP contribution is 2.29. The fraction of sp³-hybridized carbons (Fsp3) is 0.200. The Labute approximate surface area is 145 Å². The Balaban J connectivity index is 2.31. The average molecular weight is 469 g/mol. The second-order valence-corrected chi connectivity index (χ2v) is 6.95. The minimum absolute atomic E-state index is 0.113. The minimum Gasteiger partial charge on any atom is -0.313 e. The summed E-state index contributed by atoms with van der Waals surface area (Å²) in [7, 11) is 1.91. The molecule has 5 heteroatoms. The number of hydrogen-bond acceptors (Lipinski definition) is 1. The molecule has 2 rings (SSSR count). The van der Waals surface area contributed by atoms with E-state index in [2.05, 4.69) is 49.9 Å². The Morgan fingerprint density at radius 3 is 2.70 bits per heavy atom. The van der Waals surface area contributed by atoms with Crippen molar-refractivity contribution in [1.82, 2.24) is 5.32 Å². The summed E-state index contributed by atoms with van der Waals surface area (Å²) in [5.74, 6) is -0.310. The van der Waals surface area contributed by atoms with Gasteiger partial charge in [0.05, 0.1) is 0 Å². The van der Waals surface area contributed by atoms with Gasteiger partial charge in [-0.2, -0.15) is 0 Å². The van der Waals surface area contributed by atoms with Gasteiger partial charge in [0.25, 0.3) is 0 Å². The Morgan fingerprint density at radius 1 is 1.30 bits per heavy atom. The summed E-state index contributed by atoms with van der Waals surface area (Å²) in [6.07, 6.45) is 0.703. The number of hydrogen-bond donors (Lipinski definition) is 1. The smallest absolute Gasteiger partial charge is 0.124 e. The fourth-order valence-corrected chi connectivity index (χ4v) is 3.34. The van der Waals surface area contributed by atoms with Crippen LogP contribution in [0.3, 0.4) is 0 Å². The topological polar surface area (TPSA) is 12.0 Å². The van der Waals surface area contributed by atoms with E-state index in [4.69, 9.17) is 11.6 Å². The lowest BCUT2D eigenvalue weighted by molar-refractivity contribution is 0.586. The highest BCUT2D eigenvalue weighted by Gasteiger charge is 2.15. The van der Waals surface area contributed by atoms with Crippen molar-refractivity contribution >= 4 is 50.1 Å². The van der Waals surface area contributed by atoms with Crippen LogP contribution in [0.2, 0.25) is 5.02 Å². The van der Waals surface area contributed by atoms with Gasteiger partial charge in [0.15, 0.2) is 0 Å². The Morgan fingerprint density at radius 2 is 2.05 bits per heavy atom. The highest BCUT2D eigenvalue weighted by molar-refractivity contribution is 14.1. The summed E-state index contributed by atoms with van der Waals surface area (Å²) < 4.78 is 15.3. The molecule has 1 atom stereocenters. The maximum absolute atomic E-state index is 13.1. The third-order valence-corrected chi connectivity index (χ3v) is 4.87. The molecule has 0 fully saturated rings. The summed E-state index contributed by atoms with van der Waals surface area (Å²) >= 11 is 12.0. The first-order chi connectivity index (χ1) is 9.51. The van der Waals surface area contributed by atoms with Crippen LogP contribution in [0.1, 0.15) is 17.2 Å². The molecule has 1 unspecified atom stereocenters. The molecular formula is C15H13BrClFIN. The van der Waals surface area contributed by atoms with Crippen LogP contribution in [0.25, 0.3) is 0 Å². The van der Waals surface area contributed by atoms with E-state index >= 15 is 0 Å². The van der Waals surface area contributed by atoms with Crippen molar-refractivity contribution in [2.75, 3.05) is 7.05 Å². The van der Waals surface area contributed by atoms with E-state index in [1.54, 1.807) is 6.07 Å². The van der Waals surface area contributed by atoms with Gasteiger partial charge in [0.1, 0.15) is 5.82 Å². The number of benzene rings is 2. The SMILES string of the molecule is CNC(Cc1ccc(F)cc1Cl)c1cc(I)ccc1Br. The Bertz CT molecular complexity index is 621. The van der Waals surface area contributed by atoms with Crippen LogP contribution >= 0.6 is 50.1 Å². The van der Waals surface area contributed by atoms with E-state index in [1.165, 1.54) is 21.3 Å². The third-order valence-electron chi connectivity index (χ3n) is 3.12. The van der Waals surface area contributed by atoms with Crippen molar-refractivity contribution in [2.24, 2.45) is 0 Å². The van der Waals surface area contributed by atoms with Gasteiger partial charge in [-0.1, -0.05) is 33.6 Å². The molecule has 0 aliphatic carbocycles. The van der Waals surface area contributed by atoms with Crippen molar-refractivity contribution in [3.63, 3.8) is 0 Å². The lowest BCUT2D eigenvalue weighted by Gasteiger charge is -2.19. The molecule has 0 saturated carbocycles. The first kappa shape index (κ1) is 16.2. The van der Waals surface area contributed by atoms with Gasteiger partial charge in [-0.15, -0.1) is 0 Å². The molecule has 1 N–H and O–H groups in total. The predicted molar refractivity (Wildman–Crippen MR) is 93.8 cm³/mol. The molecule has 1 nitrogen and oxygen atoms in total. The van der Waals surface area contributed by atoms with Gasteiger partial charge in [0, 0.05) is 19.1 Å². The largest absolute Gasteiger partial charge is 0.313 e. The molecule has 0 amide bonds. The molecule has 0 radical (unpaired) electrons. The van der Waals surface area contributed by atoms with Crippen molar-refractivity contribution in [2.45, 2.75) is 12.5 Å². The van der Waals surface area contributed by atoms with E-state index in [0.717, 1.165) is 10.0 Å². The molecule has 0 bridgehead atoms. The summed E-state index contributed by atoms with van der Waals surface area (Å²) in [6, 6.07) is 10.9. The van der Waals surface area contributed by atoms with Crippen molar-refractivity contribution < 1.29 is 4.39 Å². The number of halogens is 4. The standard InChI is InChI=1S/C15H13BrClFIN/c1-20-15(12-8-11(19)4-5-13(12)16)6-9-2-3-10(18)7-14(9)17/h2-5,7-8,15,20H,6H2,1H3. The normalized spacial score (nSPS) is 12.4. The van der Waals surface area contributed by atoms with Crippen LogP contribution in [0.4, 0.5) is 4.39 Å². The van der Waals surface area contributed by atoms with Crippen LogP contribution < -0.4 is 5.32 Å². The Hall–Kier alpha value is -0.170. The van der Waals surface area contributed by atoms with Gasteiger partial charge in [0.2, 0.25) is 0 Å². The predicted octanol–water partition coefficient (Wildman–Crippen LogP) is 5.35. The molecule has 20 heavy (non-hydrogen) atoms. The van der Waals surface area contributed by atoms with E-state index in [1.807, 2.05) is 19.2 Å². The summed E-state index contributed by atoms with van der Waals surface area (Å²) in [4.78, 5) is 0. The second kappa shape index (κ2) is 7.20. The molecule has 2 aromatic carbocycles. The number of rotatable bonds is 4. The molecule has 0 aliphatic rings. The van der Waals surface area contributed by atoms with Gasteiger partial charge in [-0.05, 0) is 77.5 Å². The highest BCUT2D eigenvalue weighted by atomic mass is 127. The zero-order valence-electron chi connectivity index (χ0n) is 10.8.